The zero-order chi connectivity index (χ0) is 10.2. The minimum absolute atomic E-state index is 0.169. The number of esters is 1. The Bertz CT molecular complexity index is 251. The van der Waals surface area contributed by atoms with Crippen molar-refractivity contribution in [2.75, 3.05) is 7.11 Å². The molecule has 0 aromatic carbocycles. The molecule has 0 radical (unpaired) electrons. The van der Waals surface area contributed by atoms with E-state index in [0.29, 0.717) is 5.92 Å². The zero-order valence-corrected chi connectivity index (χ0v) is 8.49. The van der Waals surface area contributed by atoms with Gasteiger partial charge in [0.1, 0.15) is 6.29 Å². The number of aldehydes is 1. The summed E-state index contributed by atoms with van der Waals surface area (Å²) in [5.41, 5.74) is -0.387. The van der Waals surface area contributed by atoms with Gasteiger partial charge in [-0.25, -0.2) is 0 Å². The van der Waals surface area contributed by atoms with Crippen LogP contribution in [0.25, 0.3) is 0 Å². The van der Waals surface area contributed by atoms with Crippen LogP contribution in [-0.2, 0) is 14.3 Å². The number of hydrogen-bond donors (Lipinski definition) is 0. The van der Waals surface area contributed by atoms with E-state index >= 15 is 0 Å². The molecule has 0 N–H and O–H groups in total. The van der Waals surface area contributed by atoms with Gasteiger partial charge in [0.05, 0.1) is 13.0 Å². The second kappa shape index (κ2) is 3.37. The molecule has 0 aromatic heterocycles. The van der Waals surface area contributed by atoms with Crippen LogP contribution in [0.5, 0.6) is 0 Å². The van der Waals surface area contributed by atoms with Crippen molar-refractivity contribution in [3.63, 3.8) is 0 Å². The number of carbonyl (C=O) groups excluding carboxylic acids is 2. The summed E-state index contributed by atoms with van der Waals surface area (Å²) in [5.74, 6) is 0.278. The fourth-order valence-corrected chi connectivity index (χ4v) is 3.04. The van der Waals surface area contributed by atoms with E-state index < -0.39 is 0 Å². The third-order valence-electron chi connectivity index (χ3n) is 4.02. The van der Waals surface area contributed by atoms with Crippen LogP contribution < -0.4 is 0 Å². The van der Waals surface area contributed by atoms with E-state index in [-0.39, 0.29) is 17.3 Å². The average molecular weight is 196 g/mol. The Labute approximate surface area is 83.8 Å². The van der Waals surface area contributed by atoms with Crippen molar-refractivity contribution in [2.24, 2.45) is 17.3 Å². The van der Waals surface area contributed by atoms with Crippen molar-refractivity contribution < 1.29 is 14.3 Å². The second-order valence-corrected chi connectivity index (χ2v) is 4.61. The zero-order valence-electron chi connectivity index (χ0n) is 8.49. The van der Waals surface area contributed by atoms with Crippen LogP contribution in [0.3, 0.4) is 0 Å². The van der Waals surface area contributed by atoms with Crippen molar-refractivity contribution in [1.29, 1.82) is 0 Å². The van der Waals surface area contributed by atoms with Crippen LogP contribution in [0, 0.1) is 17.3 Å². The van der Waals surface area contributed by atoms with Crippen LogP contribution in [0.4, 0.5) is 0 Å². The third kappa shape index (κ3) is 1.26. The van der Waals surface area contributed by atoms with E-state index in [1.165, 1.54) is 7.11 Å². The Hall–Kier alpha value is -0.860. The molecule has 0 saturated heterocycles. The van der Waals surface area contributed by atoms with Crippen LogP contribution in [0.1, 0.15) is 32.1 Å². The molecule has 0 heterocycles. The first-order valence-corrected chi connectivity index (χ1v) is 5.26. The van der Waals surface area contributed by atoms with Crippen molar-refractivity contribution in [3.05, 3.63) is 0 Å². The van der Waals surface area contributed by atoms with E-state index in [2.05, 4.69) is 0 Å². The van der Waals surface area contributed by atoms with Gasteiger partial charge in [-0.3, -0.25) is 4.79 Å². The Morgan fingerprint density at radius 2 is 2.07 bits per heavy atom. The molecule has 0 aliphatic heterocycles. The van der Waals surface area contributed by atoms with Gasteiger partial charge >= 0.3 is 5.97 Å². The van der Waals surface area contributed by atoms with Crippen LogP contribution in [0.2, 0.25) is 0 Å². The number of ether oxygens (including phenoxy) is 1. The van der Waals surface area contributed by atoms with Gasteiger partial charge in [0.15, 0.2) is 0 Å². The lowest BCUT2D eigenvalue weighted by Gasteiger charge is -2.47. The van der Waals surface area contributed by atoms with Gasteiger partial charge in [-0.05, 0) is 38.0 Å². The van der Waals surface area contributed by atoms with E-state index in [0.717, 1.165) is 38.4 Å². The molecule has 3 aliphatic carbocycles. The Morgan fingerprint density at radius 3 is 2.57 bits per heavy atom. The molecule has 0 aromatic rings. The first kappa shape index (κ1) is 9.69. The highest BCUT2D eigenvalue weighted by Gasteiger charge is 2.51. The first-order valence-electron chi connectivity index (χ1n) is 5.26. The third-order valence-corrected chi connectivity index (χ3v) is 4.02. The Morgan fingerprint density at radius 1 is 1.43 bits per heavy atom. The van der Waals surface area contributed by atoms with Crippen LogP contribution in [0.15, 0.2) is 0 Å². The lowest BCUT2D eigenvalue weighted by molar-refractivity contribution is -0.160. The normalized spacial score (nSPS) is 40.6. The molecule has 3 saturated carbocycles. The van der Waals surface area contributed by atoms with Gasteiger partial charge in [-0.2, -0.15) is 0 Å². The van der Waals surface area contributed by atoms with E-state index in [1.807, 2.05) is 0 Å². The summed E-state index contributed by atoms with van der Waals surface area (Å²) in [5, 5.41) is 0. The predicted molar refractivity (Wildman–Crippen MR) is 50.6 cm³/mol. The van der Waals surface area contributed by atoms with E-state index in [1.54, 1.807) is 0 Å². The maximum atomic E-state index is 11.5. The van der Waals surface area contributed by atoms with E-state index in [4.69, 9.17) is 4.74 Å². The highest BCUT2D eigenvalue weighted by molar-refractivity contribution is 5.79. The first-order chi connectivity index (χ1) is 6.72. The fourth-order valence-electron chi connectivity index (χ4n) is 3.04. The summed E-state index contributed by atoms with van der Waals surface area (Å²) >= 11 is 0. The van der Waals surface area contributed by atoms with Crippen LogP contribution >= 0.6 is 0 Å². The maximum Gasteiger partial charge on any atom is 0.309 e. The van der Waals surface area contributed by atoms with Crippen molar-refractivity contribution >= 4 is 12.3 Å². The minimum atomic E-state index is -0.387. The van der Waals surface area contributed by atoms with Crippen LogP contribution in [-0.4, -0.2) is 19.4 Å². The molecule has 2 bridgehead atoms. The highest BCUT2D eigenvalue weighted by Crippen LogP contribution is 2.52. The molecule has 1 atom stereocenters. The number of fused-ring (bicyclic) bond motifs is 3. The van der Waals surface area contributed by atoms with Crippen molar-refractivity contribution in [3.8, 4) is 0 Å². The predicted octanol–water partition coefficient (Wildman–Crippen LogP) is 1.55. The van der Waals surface area contributed by atoms with Gasteiger partial charge in [0.25, 0.3) is 0 Å². The monoisotopic (exact) mass is 196 g/mol. The Balaban J connectivity index is 2.23. The lowest BCUT2D eigenvalue weighted by Crippen LogP contribution is -2.47. The highest BCUT2D eigenvalue weighted by atomic mass is 16.5. The summed E-state index contributed by atoms with van der Waals surface area (Å²) in [7, 11) is 1.41. The van der Waals surface area contributed by atoms with Crippen molar-refractivity contribution in [2.45, 2.75) is 32.1 Å². The van der Waals surface area contributed by atoms with E-state index in [9.17, 15) is 9.59 Å². The molecule has 0 amide bonds. The molecule has 0 spiro atoms. The molecular formula is C11H16O3. The lowest BCUT2D eigenvalue weighted by atomic mass is 9.55. The van der Waals surface area contributed by atoms with Gasteiger partial charge < -0.3 is 9.53 Å². The summed E-state index contributed by atoms with van der Waals surface area (Å²) in [6, 6.07) is 0. The number of carbonyl (C=O) groups is 2. The summed E-state index contributed by atoms with van der Waals surface area (Å²) in [6.07, 6.45) is 5.82. The molecular weight excluding hydrogens is 180 g/mol. The summed E-state index contributed by atoms with van der Waals surface area (Å²) in [4.78, 5) is 22.7. The number of hydrogen-bond acceptors (Lipinski definition) is 3. The minimum Gasteiger partial charge on any atom is -0.469 e. The fraction of sp³-hybridized carbons (Fsp3) is 0.818. The second-order valence-electron chi connectivity index (χ2n) is 4.61. The van der Waals surface area contributed by atoms with Crippen molar-refractivity contribution in [1.82, 2.24) is 0 Å². The largest absolute Gasteiger partial charge is 0.469 e. The van der Waals surface area contributed by atoms with Gasteiger partial charge in [-0.15, -0.1) is 0 Å². The molecule has 3 heteroatoms. The SMILES string of the molecule is COC(=O)C1CC2CCC1(C=O)CC2. The molecule has 3 aliphatic rings. The van der Waals surface area contributed by atoms with Gasteiger partial charge in [-0.1, -0.05) is 0 Å². The number of rotatable bonds is 2. The molecule has 1 unspecified atom stereocenters. The molecule has 3 rings (SSSR count). The molecule has 14 heavy (non-hydrogen) atoms. The topological polar surface area (TPSA) is 43.4 Å². The van der Waals surface area contributed by atoms with Gasteiger partial charge in [0, 0.05) is 5.41 Å². The number of methoxy groups -OCH3 is 1. The standard InChI is InChI=1S/C11H16O3/c1-14-10(13)9-6-8-2-4-11(9,7-12)5-3-8/h7-9H,2-6H2,1H3. The molecule has 3 fully saturated rings. The maximum absolute atomic E-state index is 11.5. The average Bonchev–Trinajstić information content (AvgIpc) is 2.29. The summed E-state index contributed by atoms with van der Waals surface area (Å²) in [6.45, 7) is 0. The molecule has 78 valence electrons. The quantitative estimate of drug-likeness (QED) is 0.497. The van der Waals surface area contributed by atoms with Gasteiger partial charge in [0.2, 0.25) is 0 Å². The summed E-state index contributed by atoms with van der Waals surface area (Å²) < 4.78 is 4.77. The Kier molecular flexibility index (Phi) is 2.33. The smallest absolute Gasteiger partial charge is 0.309 e. The molecule has 3 nitrogen and oxygen atoms in total.